The fraction of sp³-hybridized carbons (Fsp3) is 0.714. The Hall–Kier alpha value is -0.680. The van der Waals surface area contributed by atoms with Crippen LogP contribution in [-0.2, 0) is 0 Å². The van der Waals surface area contributed by atoms with E-state index in [9.17, 15) is 0 Å². The van der Waals surface area contributed by atoms with Crippen molar-refractivity contribution in [1.82, 2.24) is 9.97 Å². The maximum atomic E-state index is 8.90. The molecule has 19 heavy (non-hydrogen) atoms. The van der Waals surface area contributed by atoms with Crippen molar-refractivity contribution < 1.29 is 5.11 Å². The van der Waals surface area contributed by atoms with Gasteiger partial charge in [-0.2, -0.15) is 0 Å². The van der Waals surface area contributed by atoms with E-state index in [1.165, 1.54) is 0 Å². The highest BCUT2D eigenvalue weighted by molar-refractivity contribution is 9.10. The molecule has 0 aromatic carbocycles. The first-order valence-corrected chi connectivity index (χ1v) is 7.52. The number of anilines is 1. The van der Waals surface area contributed by atoms with Crippen LogP contribution in [-0.4, -0.2) is 28.2 Å². The Morgan fingerprint density at radius 2 is 2.05 bits per heavy atom. The maximum absolute atomic E-state index is 8.90. The first-order valence-electron chi connectivity index (χ1n) is 6.73. The molecule has 0 spiro atoms. The van der Waals surface area contributed by atoms with Gasteiger partial charge in [0.1, 0.15) is 16.2 Å². The van der Waals surface area contributed by atoms with Crippen molar-refractivity contribution in [3.05, 3.63) is 16.5 Å². The third kappa shape index (κ3) is 5.87. The third-order valence-corrected chi connectivity index (χ3v) is 3.39. The smallest absolute Gasteiger partial charge is 0.134 e. The average Bonchev–Trinajstić information content (AvgIpc) is 2.33. The SMILES string of the molecule is CC(C)c1nc(Br)cc(NCC(C)(C)CCCO)n1. The summed E-state index contributed by atoms with van der Waals surface area (Å²) < 4.78 is 0.807. The van der Waals surface area contributed by atoms with Crippen molar-refractivity contribution in [1.29, 1.82) is 0 Å². The Morgan fingerprint density at radius 3 is 2.63 bits per heavy atom. The van der Waals surface area contributed by atoms with E-state index in [-0.39, 0.29) is 12.0 Å². The summed E-state index contributed by atoms with van der Waals surface area (Å²) in [7, 11) is 0. The second-order valence-electron chi connectivity index (χ2n) is 5.93. The van der Waals surface area contributed by atoms with Crippen LogP contribution in [0.1, 0.15) is 52.3 Å². The number of nitrogens with zero attached hydrogens (tertiary/aromatic N) is 2. The Kier molecular flexibility index (Phi) is 6.20. The van der Waals surface area contributed by atoms with Crippen LogP contribution in [0.3, 0.4) is 0 Å². The van der Waals surface area contributed by atoms with Gasteiger partial charge in [0.15, 0.2) is 0 Å². The summed E-state index contributed by atoms with van der Waals surface area (Å²) in [6.07, 6.45) is 1.82. The van der Waals surface area contributed by atoms with E-state index in [0.29, 0.717) is 5.92 Å². The fourth-order valence-electron chi connectivity index (χ4n) is 1.76. The number of halogens is 1. The molecule has 0 amide bonds. The molecule has 1 aromatic rings. The topological polar surface area (TPSA) is 58.0 Å². The van der Waals surface area contributed by atoms with Crippen LogP contribution in [0.15, 0.2) is 10.7 Å². The quantitative estimate of drug-likeness (QED) is 0.751. The minimum absolute atomic E-state index is 0.137. The number of nitrogens with one attached hydrogen (secondary N) is 1. The van der Waals surface area contributed by atoms with Gasteiger partial charge in [-0.25, -0.2) is 9.97 Å². The molecule has 0 atom stereocenters. The molecule has 2 N–H and O–H groups in total. The second-order valence-corrected chi connectivity index (χ2v) is 6.75. The number of hydrogen-bond acceptors (Lipinski definition) is 4. The second kappa shape index (κ2) is 7.20. The number of rotatable bonds is 7. The van der Waals surface area contributed by atoms with Gasteiger partial charge in [0.05, 0.1) is 0 Å². The Balaban J connectivity index is 2.67. The highest BCUT2D eigenvalue weighted by atomic mass is 79.9. The summed E-state index contributed by atoms with van der Waals surface area (Å²) in [5.74, 6) is 1.99. The summed E-state index contributed by atoms with van der Waals surface area (Å²) in [5.41, 5.74) is 0.137. The minimum Gasteiger partial charge on any atom is -0.396 e. The van der Waals surface area contributed by atoms with Crippen LogP contribution in [0.5, 0.6) is 0 Å². The third-order valence-electron chi connectivity index (χ3n) is 2.99. The molecular formula is C14H24BrN3O. The average molecular weight is 330 g/mol. The summed E-state index contributed by atoms with van der Waals surface area (Å²) >= 11 is 3.42. The Bertz CT molecular complexity index is 408. The standard InChI is InChI=1S/C14H24BrN3O/c1-10(2)13-17-11(15)8-12(18-13)16-9-14(3,4)6-5-7-19/h8,10,19H,5-7,9H2,1-4H3,(H,16,17,18). The molecule has 0 unspecified atom stereocenters. The predicted molar refractivity (Wildman–Crippen MR) is 82.4 cm³/mol. The summed E-state index contributed by atoms with van der Waals surface area (Å²) in [6.45, 7) is 9.62. The van der Waals surface area contributed by atoms with Crippen LogP contribution in [0.2, 0.25) is 0 Å². The van der Waals surface area contributed by atoms with Crippen LogP contribution in [0.4, 0.5) is 5.82 Å². The molecule has 0 aliphatic rings. The monoisotopic (exact) mass is 329 g/mol. The summed E-state index contributed by atoms with van der Waals surface area (Å²) in [4.78, 5) is 8.87. The zero-order valence-electron chi connectivity index (χ0n) is 12.2. The van der Waals surface area contributed by atoms with Crippen molar-refractivity contribution in [3.8, 4) is 0 Å². The highest BCUT2D eigenvalue weighted by Gasteiger charge is 2.17. The Labute approximate surface area is 124 Å². The van der Waals surface area contributed by atoms with Crippen LogP contribution in [0, 0.1) is 5.41 Å². The van der Waals surface area contributed by atoms with Gasteiger partial charge in [-0.05, 0) is 34.2 Å². The summed E-state index contributed by atoms with van der Waals surface area (Å²) in [5, 5.41) is 12.3. The van der Waals surface area contributed by atoms with Gasteiger partial charge >= 0.3 is 0 Å². The van der Waals surface area contributed by atoms with Gasteiger partial charge < -0.3 is 10.4 Å². The van der Waals surface area contributed by atoms with E-state index in [1.807, 2.05) is 6.07 Å². The van der Waals surface area contributed by atoms with Crippen LogP contribution >= 0.6 is 15.9 Å². The van der Waals surface area contributed by atoms with Crippen molar-refractivity contribution >= 4 is 21.7 Å². The number of aliphatic hydroxyl groups is 1. The number of hydrogen-bond donors (Lipinski definition) is 2. The first-order chi connectivity index (χ1) is 8.84. The Morgan fingerprint density at radius 1 is 1.37 bits per heavy atom. The van der Waals surface area contributed by atoms with E-state index >= 15 is 0 Å². The first kappa shape index (κ1) is 16.4. The van der Waals surface area contributed by atoms with E-state index in [0.717, 1.165) is 35.6 Å². The van der Waals surface area contributed by atoms with Gasteiger partial charge in [-0.1, -0.05) is 27.7 Å². The number of aromatic nitrogens is 2. The zero-order valence-corrected chi connectivity index (χ0v) is 13.8. The lowest BCUT2D eigenvalue weighted by molar-refractivity contribution is 0.248. The van der Waals surface area contributed by atoms with Crippen molar-refractivity contribution in [2.75, 3.05) is 18.5 Å². The largest absolute Gasteiger partial charge is 0.396 e. The molecule has 4 nitrogen and oxygen atoms in total. The van der Waals surface area contributed by atoms with Gasteiger partial charge in [0.2, 0.25) is 0 Å². The highest BCUT2D eigenvalue weighted by Crippen LogP contribution is 2.23. The molecule has 0 aliphatic heterocycles. The van der Waals surface area contributed by atoms with E-state index in [1.54, 1.807) is 0 Å². The molecule has 108 valence electrons. The van der Waals surface area contributed by atoms with E-state index in [2.05, 4.69) is 58.9 Å². The zero-order chi connectivity index (χ0) is 14.5. The molecule has 0 radical (unpaired) electrons. The minimum atomic E-state index is 0.137. The van der Waals surface area contributed by atoms with E-state index < -0.39 is 0 Å². The molecule has 5 heteroatoms. The maximum Gasteiger partial charge on any atom is 0.134 e. The molecule has 1 aromatic heterocycles. The van der Waals surface area contributed by atoms with Gasteiger partial charge in [-0.15, -0.1) is 0 Å². The summed E-state index contributed by atoms with van der Waals surface area (Å²) in [6, 6.07) is 1.90. The lowest BCUT2D eigenvalue weighted by Crippen LogP contribution is -2.24. The lowest BCUT2D eigenvalue weighted by atomic mass is 9.88. The molecule has 0 aliphatic carbocycles. The van der Waals surface area contributed by atoms with Gasteiger partial charge in [0, 0.05) is 25.1 Å². The van der Waals surface area contributed by atoms with Crippen molar-refractivity contribution in [2.24, 2.45) is 5.41 Å². The molecule has 1 heterocycles. The molecule has 0 fully saturated rings. The van der Waals surface area contributed by atoms with Crippen molar-refractivity contribution in [2.45, 2.75) is 46.5 Å². The molecule has 0 saturated heterocycles. The van der Waals surface area contributed by atoms with Gasteiger partial charge in [-0.3, -0.25) is 0 Å². The fourth-order valence-corrected chi connectivity index (χ4v) is 2.16. The van der Waals surface area contributed by atoms with E-state index in [4.69, 9.17) is 5.11 Å². The molecule has 1 rings (SSSR count). The molecule has 0 saturated carbocycles. The predicted octanol–water partition coefficient (Wildman–Crippen LogP) is 3.57. The lowest BCUT2D eigenvalue weighted by Gasteiger charge is -2.25. The molecular weight excluding hydrogens is 306 g/mol. The molecule has 0 bridgehead atoms. The van der Waals surface area contributed by atoms with Crippen molar-refractivity contribution in [3.63, 3.8) is 0 Å². The van der Waals surface area contributed by atoms with Gasteiger partial charge in [0.25, 0.3) is 0 Å². The van der Waals surface area contributed by atoms with Crippen LogP contribution in [0.25, 0.3) is 0 Å². The van der Waals surface area contributed by atoms with Crippen LogP contribution < -0.4 is 5.32 Å². The normalized spacial score (nSPS) is 11.9. The number of aliphatic hydroxyl groups excluding tert-OH is 1.